The summed E-state index contributed by atoms with van der Waals surface area (Å²) < 4.78 is 5.44. The second-order valence-corrected chi connectivity index (χ2v) is 5.33. The van der Waals surface area contributed by atoms with E-state index in [2.05, 4.69) is 4.98 Å². The molecule has 4 heteroatoms. The molecule has 1 atom stereocenters. The van der Waals surface area contributed by atoms with Gasteiger partial charge in [0.2, 0.25) is 0 Å². The van der Waals surface area contributed by atoms with Gasteiger partial charge in [0.25, 0.3) is 0 Å². The van der Waals surface area contributed by atoms with Gasteiger partial charge in [0.15, 0.2) is 0 Å². The Bertz CT molecular complexity index is 536. The van der Waals surface area contributed by atoms with Crippen LogP contribution in [-0.2, 0) is 0 Å². The summed E-state index contributed by atoms with van der Waals surface area (Å²) in [5.74, 6) is 0.785. The summed E-state index contributed by atoms with van der Waals surface area (Å²) in [5.41, 5.74) is 1.74. The maximum atomic E-state index is 10.4. The van der Waals surface area contributed by atoms with Crippen LogP contribution in [0.1, 0.15) is 34.2 Å². The third-order valence-electron chi connectivity index (χ3n) is 2.67. The van der Waals surface area contributed by atoms with Gasteiger partial charge in [-0.2, -0.15) is 0 Å². The minimum absolute atomic E-state index is 0.623. The third kappa shape index (κ3) is 2.71. The second kappa shape index (κ2) is 5.50. The Morgan fingerprint density at radius 1 is 1.39 bits per heavy atom. The lowest BCUT2D eigenvalue weighted by atomic mass is 10.1. The molecule has 2 aromatic rings. The predicted molar refractivity (Wildman–Crippen MR) is 73.3 cm³/mol. The molecule has 1 N–H and O–H groups in total. The fraction of sp³-hybridized carbons (Fsp3) is 0.357. The fourth-order valence-electron chi connectivity index (χ4n) is 1.89. The van der Waals surface area contributed by atoms with E-state index in [-0.39, 0.29) is 0 Å². The molecule has 0 aliphatic rings. The van der Waals surface area contributed by atoms with Crippen LogP contribution in [0.15, 0.2) is 24.3 Å². The number of nitrogens with zero attached hydrogens (tertiary/aromatic N) is 1. The Morgan fingerprint density at radius 2 is 2.17 bits per heavy atom. The van der Waals surface area contributed by atoms with Crippen LogP contribution in [0, 0.1) is 13.8 Å². The van der Waals surface area contributed by atoms with Crippen molar-refractivity contribution in [2.75, 3.05) is 6.61 Å². The van der Waals surface area contributed by atoms with Gasteiger partial charge in [0.1, 0.15) is 11.9 Å². The van der Waals surface area contributed by atoms with Crippen molar-refractivity contribution in [2.45, 2.75) is 26.9 Å². The maximum absolute atomic E-state index is 10.4. The molecule has 0 fully saturated rings. The molecule has 3 nitrogen and oxygen atoms in total. The van der Waals surface area contributed by atoms with Gasteiger partial charge < -0.3 is 9.84 Å². The van der Waals surface area contributed by atoms with E-state index in [0.29, 0.717) is 6.61 Å². The lowest BCUT2D eigenvalue weighted by Crippen LogP contribution is -2.00. The van der Waals surface area contributed by atoms with E-state index in [9.17, 15) is 5.11 Å². The van der Waals surface area contributed by atoms with Crippen molar-refractivity contribution in [3.05, 3.63) is 45.4 Å². The summed E-state index contributed by atoms with van der Waals surface area (Å²) in [4.78, 5) is 5.25. The summed E-state index contributed by atoms with van der Waals surface area (Å²) in [6, 6.07) is 7.57. The number of thiazole rings is 1. The molecule has 0 aliphatic carbocycles. The van der Waals surface area contributed by atoms with Crippen molar-refractivity contribution in [1.82, 2.24) is 4.98 Å². The van der Waals surface area contributed by atoms with Crippen LogP contribution >= 0.6 is 11.3 Å². The smallest absolute Gasteiger partial charge is 0.119 e. The maximum Gasteiger partial charge on any atom is 0.119 e. The number of aliphatic hydroxyl groups excluding tert-OH is 1. The Hall–Kier alpha value is -1.39. The predicted octanol–water partition coefficient (Wildman–Crippen LogP) is 3.24. The van der Waals surface area contributed by atoms with Crippen molar-refractivity contribution >= 4 is 11.3 Å². The Morgan fingerprint density at radius 3 is 2.78 bits per heavy atom. The molecule has 0 aliphatic heterocycles. The van der Waals surface area contributed by atoms with Crippen LogP contribution in [0.25, 0.3) is 0 Å². The number of ether oxygens (including phenoxy) is 1. The molecule has 1 heterocycles. The van der Waals surface area contributed by atoms with Crippen LogP contribution in [0.3, 0.4) is 0 Å². The van der Waals surface area contributed by atoms with Crippen molar-refractivity contribution in [3.8, 4) is 5.75 Å². The Balaban J connectivity index is 2.30. The minimum Gasteiger partial charge on any atom is -0.494 e. The molecular weight excluding hydrogens is 246 g/mol. The van der Waals surface area contributed by atoms with Gasteiger partial charge in [0.05, 0.1) is 22.2 Å². The summed E-state index contributed by atoms with van der Waals surface area (Å²) in [6.07, 6.45) is -0.628. The molecule has 1 unspecified atom stereocenters. The molecule has 18 heavy (non-hydrogen) atoms. The first-order chi connectivity index (χ1) is 8.61. The zero-order valence-corrected chi connectivity index (χ0v) is 11.6. The molecule has 0 amide bonds. The zero-order chi connectivity index (χ0) is 13.1. The second-order valence-electron chi connectivity index (χ2n) is 4.09. The average Bonchev–Trinajstić information content (AvgIpc) is 2.68. The Kier molecular flexibility index (Phi) is 3.99. The number of rotatable bonds is 4. The van der Waals surface area contributed by atoms with Gasteiger partial charge in [-0.05, 0) is 38.5 Å². The summed E-state index contributed by atoms with van der Waals surface area (Å²) >= 11 is 1.53. The van der Waals surface area contributed by atoms with Gasteiger partial charge >= 0.3 is 0 Å². The number of benzene rings is 1. The lowest BCUT2D eigenvalue weighted by Gasteiger charge is -2.11. The normalized spacial score (nSPS) is 12.4. The first-order valence-electron chi connectivity index (χ1n) is 5.96. The van der Waals surface area contributed by atoms with E-state index < -0.39 is 6.10 Å². The molecule has 0 bridgehead atoms. The van der Waals surface area contributed by atoms with Crippen molar-refractivity contribution in [1.29, 1.82) is 0 Å². The van der Waals surface area contributed by atoms with E-state index in [1.165, 1.54) is 11.3 Å². The lowest BCUT2D eigenvalue weighted by molar-refractivity contribution is 0.222. The molecule has 0 saturated carbocycles. The third-order valence-corrected chi connectivity index (χ3v) is 3.80. The molecule has 0 saturated heterocycles. The molecule has 1 aromatic heterocycles. The number of aliphatic hydroxyl groups is 1. The van der Waals surface area contributed by atoms with Gasteiger partial charge in [-0.1, -0.05) is 12.1 Å². The number of hydrogen-bond acceptors (Lipinski definition) is 4. The van der Waals surface area contributed by atoms with Crippen LogP contribution in [0.5, 0.6) is 5.75 Å². The number of aryl methyl sites for hydroxylation is 2. The standard InChI is InChI=1S/C14H17NO2S/c1-4-17-12-7-5-6-11(8-12)13(16)14-9(2)15-10(3)18-14/h5-8,13,16H,4H2,1-3H3. The summed E-state index contributed by atoms with van der Waals surface area (Å²) in [6.45, 7) is 6.44. The van der Waals surface area contributed by atoms with E-state index in [1.807, 2.05) is 45.0 Å². The number of hydrogen-bond donors (Lipinski definition) is 1. The fourth-order valence-corrected chi connectivity index (χ4v) is 2.84. The first-order valence-corrected chi connectivity index (χ1v) is 6.78. The van der Waals surface area contributed by atoms with Crippen LogP contribution < -0.4 is 4.74 Å². The monoisotopic (exact) mass is 263 g/mol. The molecule has 2 rings (SSSR count). The van der Waals surface area contributed by atoms with E-state index in [1.54, 1.807) is 0 Å². The van der Waals surface area contributed by atoms with Crippen molar-refractivity contribution in [2.24, 2.45) is 0 Å². The van der Waals surface area contributed by atoms with Crippen LogP contribution in [0.2, 0.25) is 0 Å². The van der Waals surface area contributed by atoms with E-state index in [4.69, 9.17) is 4.74 Å². The van der Waals surface area contributed by atoms with Crippen LogP contribution in [-0.4, -0.2) is 16.7 Å². The summed E-state index contributed by atoms with van der Waals surface area (Å²) in [7, 11) is 0. The number of aromatic nitrogens is 1. The molecule has 0 spiro atoms. The SMILES string of the molecule is CCOc1cccc(C(O)c2sc(C)nc2C)c1. The highest BCUT2D eigenvalue weighted by molar-refractivity contribution is 7.11. The van der Waals surface area contributed by atoms with Gasteiger partial charge in [-0.3, -0.25) is 0 Å². The molecule has 96 valence electrons. The van der Waals surface area contributed by atoms with Crippen LogP contribution in [0.4, 0.5) is 0 Å². The van der Waals surface area contributed by atoms with Gasteiger partial charge in [-0.15, -0.1) is 11.3 Å². The Labute approximate surface area is 111 Å². The van der Waals surface area contributed by atoms with Gasteiger partial charge in [-0.25, -0.2) is 4.98 Å². The van der Waals surface area contributed by atoms with Gasteiger partial charge in [0, 0.05) is 0 Å². The topological polar surface area (TPSA) is 42.4 Å². The first kappa shape index (κ1) is 13.1. The van der Waals surface area contributed by atoms with Crippen molar-refractivity contribution in [3.63, 3.8) is 0 Å². The average molecular weight is 263 g/mol. The highest BCUT2D eigenvalue weighted by Crippen LogP contribution is 2.31. The molecule has 0 radical (unpaired) electrons. The van der Waals surface area contributed by atoms with E-state index >= 15 is 0 Å². The minimum atomic E-state index is -0.628. The van der Waals surface area contributed by atoms with E-state index in [0.717, 1.165) is 26.9 Å². The zero-order valence-electron chi connectivity index (χ0n) is 10.8. The molecular formula is C14H17NO2S. The highest BCUT2D eigenvalue weighted by atomic mass is 32.1. The van der Waals surface area contributed by atoms with Crippen molar-refractivity contribution < 1.29 is 9.84 Å². The quantitative estimate of drug-likeness (QED) is 0.920. The largest absolute Gasteiger partial charge is 0.494 e. The summed E-state index contributed by atoms with van der Waals surface area (Å²) in [5, 5.41) is 11.4. The molecule has 1 aromatic carbocycles. The highest BCUT2D eigenvalue weighted by Gasteiger charge is 2.17.